The van der Waals surface area contributed by atoms with Crippen LogP contribution in [0, 0.1) is 0 Å². The van der Waals surface area contributed by atoms with Gasteiger partial charge in [-0.15, -0.1) is 0 Å². The Hall–Kier alpha value is -6.92. The van der Waals surface area contributed by atoms with Crippen LogP contribution in [0.2, 0.25) is 5.28 Å². The highest BCUT2D eigenvalue weighted by molar-refractivity contribution is 7.87. The molecule has 1 aliphatic carbocycles. The molecule has 5 N–H and O–H groups in total. The Kier molecular flexibility index (Phi) is 10.9. The molecule has 64 heavy (non-hydrogen) atoms. The number of aromatic nitrogens is 4. The van der Waals surface area contributed by atoms with Crippen LogP contribution in [0.5, 0.6) is 0 Å². The lowest BCUT2D eigenvalue weighted by atomic mass is 9.80. The lowest BCUT2D eigenvalue weighted by molar-refractivity contribution is 0.102. The number of para-hydroxylation sites is 1. The van der Waals surface area contributed by atoms with Crippen LogP contribution in [0.1, 0.15) is 38.8 Å². The van der Waals surface area contributed by atoms with Crippen molar-refractivity contribution in [3.63, 3.8) is 0 Å². The largest absolute Gasteiger partial charge is 0.354 e. The van der Waals surface area contributed by atoms with Crippen molar-refractivity contribution in [2.45, 2.75) is 21.6 Å². The predicted molar refractivity (Wildman–Crippen MR) is 234 cm³/mol. The molecule has 0 saturated carbocycles. The van der Waals surface area contributed by atoms with E-state index in [1.54, 1.807) is 48.2 Å². The van der Waals surface area contributed by atoms with Crippen LogP contribution < -0.4 is 21.1 Å². The molecule has 19 nitrogen and oxygen atoms in total. The number of ketones is 2. The maximum absolute atomic E-state index is 14.6. The summed E-state index contributed by atoms with van der Waals surface area (Å²) >= 11 is 6.29. The van der Waals surface area contributed by atoms with Crippen LogP contribution in [0.25, 0.3) is 22.0 Å². The highest BCUT2D eigenvalue weighted by Gasteiger charge is 2.35. The Balaban J connectivity index is 1.34. The number of pyridine rings is 1. The number of rotatable bonds is 12. The fourth-order valence-corrected chi connectivity index (χ4v) is 9.51. The maximum atomic E-state index is 14.6. The summed E-state index contributed by atoms with van der Waals surface area (Å²) in [6, 6.07) is 23.3. The van der Waals surface area contributed by atoms with Crippen LogP contribution in [0.15, 0.2) is 123 Å². The summed E-state index contributed by atoms with van der Waals surface area (Å²) in [5, 5.41) is 5.12. The summed E-state index contributed by atoms with van der Waals surface area (Å²) in [6.07, 6.45) is 0. The van der Waals surface area contributed by atoms with E-state index < -0.39 is 79.1 Å². The lowest BCUT2D eigenvalue weighted by Gasteiger charge is -2.26. The second kappa shape index (κ2) is 16.0. The van der Waals surface area contributed by atoms with Gasteiger partial charge in [0, 0.05) is 41.4 Å². The number of benzene rings is 5. The average molecular weight is 944 g/mol. The van der Waals surface area contributed by atoms with Gasteiger partial charge in [-0.3, -0.25) is 28.0 Å². The Bertz CT molecular complexity index is 3570. The Morgan fingerprint density at radius 1 is 0.703 bits per heavy atom. The molecule has 1 aliphatic rings. The third-order valence-electron chi connectivity index (χ3n) is 10.2. The van der Waals surface area contributed by atoms with Gasteiger partial charge in [-0.2, -0.15) is 40.2 Å². The zero-order valence-corrected chi connectivity index (χ0v) is 36.1. The van der Waals surface area contributed by atoms with Gasteiger partial charge in [0.25, 0.3) is 35.9 Å². The molecule has 2 heterocycles. The van der Waals surface area contributed by atoms with Crippen molar-refractivity contribution < 1.29 is 48.5 Å². The monoisotopic (exact) mass is 943 g/mol. The van der Waals surface area contributed by atoms with E-state index in [0.29, 0.717) is 18.3 Å². The average Bonchev–Trinajstić information content (AvgIpc) is 3.23. The summed E-state index contributed by atoms with van der Waals surface area (Å²) in [5.41, 5.74) is -2.16. The molecule has 0 bridgehead atoms. The van der Waals surface area contributed by atoms with E-state index in [-0.39, 0.29) is 61.6 Å². The zero-order chi connectivity index (χ0) is 46.0. The second-order valence-corrected chi connectivity index (χ2v) is 18.6. The quantitative estimate of drug-likeness (QED) is 0.0672. The first-order chi connectivity index (χ1) is 30.2. The van der Waals surface area contributed by atoms with Crippen molar-refractivity contribution in [2.75, 3.05) is 22.1 Å². The summed E-state index contributed by atoms with van der Waals surface area (Å²) in [6.45, 7) is 2.14. The zero-order valence-electron chi connectivity index (χ0n) is 32.9. The van der Waals surface area contributed by atoms with Crippen molar-refractivity contribution in [1.82, 2.24) is 19.5 Å². The minimum atomic E-state index is -5.35. The molecule has 0 radical (unpaired) electrons. The van der Waals surface area contributed by atoms with E-state index in [1.165, 1.54) is 49.5 Å². The summed E-state index contributed by atoms with van der Waals surface area (Å²) < 4.78 is 107. The Morgan fingerprint density at radius 2 is 1.34 bits per heavy atom. The number of anilines is 6. The summed E-state index contributed by atoms with van der Waals surface area (Å²) in [7, 11) is -14.1. The molecule has 326 valence electrons. The van der Waals surface area contributed by atoms with Crippen LogP contribution >= 0.6 is 11.6 Å². The molecule has 0 spiro atoms. The SMILES string of the molecule is CCN(c1ccccc1)c1nc(Cl)nc(Nc2cc(Nc3ccc4c5c3C(=O)c3ccccc3-c5c(C(=O)c3cccc(S(=O)(=O)O)c3)c(=O)n4C)c(S(=O)(=O)O)cc2S(=O)(=O)O)n1. The number of nitrogens with one attached hydrogen (secondary N) is 2. The molecule has 23 heteroatoms. The van der Waals surface area contributed by atoms with Gasteiger partial charge in [-0.25, -0.2) is 0 Å². The number of halogens is 1. The molecule has 0 unspecified atom stereocenters. The molecular formula is C41H30ClN7O12S3. The first kappa shape index (κ1) is 43.7. The number of carbonyl (C=O) groups excluding carboxylic acids is 2. The van der Waals surface area contributed by atoms with Gasteiger partial charge in [0.05, 0.1) is 38.6 Å². The number of fused-ring (bicyclic) bond motifs is 2. The molecule has 0 saturated heterocycles. The van der Waals surface area contributed by atoms with E-state index in [9.17, 15) is 53.3 Å². The number of carbonyl (C=O) groups is 2. The number of hydrogen-bond donors (Lipinski definition) is 5. The third kappa shape index (κ3) is 7.87. The molecule has 2 aromatic heterocycles. The fourth-order valence-electron chi connectivity index (χ4n) is 7.44. The Labute approximate surface area is 368 Å². The van der Waals surface area contributed by atoms with E-state index in [1.807, 2.05) is 0 Å². The topological polar surface area (TPSA) is 285 Å². The first-order valence-corrected chi connectivity index (χ1v) is 23.2. The Morgan fingerprint density at radius 3 is 1.98 bits per heavy atom. The molecule has 0 fully saturated rings. The van der Waals surface area contributed by atoms with Crippen molar-refractivity contribution in [3.05, 3.63) is 141 Å². The number of hydrogen-bond acceptors (Lipinski definition) is 15. The van der Waals surface area contributed by atoms with Crippen LogP contribution in [0.4, 0.5) is 34.6 Å². The first-order valence-electron chi connectivity index (χ1n) is 18.5. The summed E-state index contributed by atoms with van der Waals surface area (Å²) in [4.78, 5) is 54.6. The third-order valence-corrected chi connectivity index (χ3v) is 13.0. The molecule has 0 aliphatic heterocycles. The van der Waals surface area contributed by atoms with Gasteiger partial charge in [-0.05, 0) is 72.6 Å². The maximum Gasteiger partial charge on any atom is 0.296 e. The fraction of sp³-hybridized carbons (Fsp3) is 0.0732. The van der Waals surface area contributed by atoms with Gasteiger partial charge in [0.1, 0.15) is 9.79 Å². The van der Waals surface area contributed by atoms with E-state index in [4.69, 9.17) is 11.6 Å². The molecule has 5 aromatic carbocycles. The van der Waals surface area contributed by atoms with Crippen molar-refractivity contribution in [2.24, 2.45) is 7.05 Å². The van der Waals surface area contributed by atoms with E-state index in [2.05, 4.69) is 25.6 Å². The highest BCUT2D eigenvalue weighted by atomic mass is 35.5. The van der Waals surface area contributed by atoms with E-state index in [0.717, 1.165) is 22.8 Å². The standard InChI is InChI=1S/C41H30ClN7O12S3/c1-3-49(22-11-5-4-6-12-22)41-46-39(42)45-40(47-41)44-28-19-27(30(63(56,57)58)20-31(28)64(59,60)61)43-26-16-17-29-34-32(24-14-7-8-15-25(24)37(51)33(26)34)35(38(52)48(29)2)36(50)21-10-9-13-23(18-21)62(53,54)55/h4-20,43H,3H2,1-2H3,(H,53,54,55)(H,56,57,58)(H,59,60,61)(H,44,45,46,47). The smallest absolute Gasteiger partial charge is 0.296 e. The van der Waals surface area contributed by atoms with Crippen molar-refractivity contribution >= 4 is 99.1 Å². The number of nitrogens with zero attached hydrogens (tertiary/aromatic N) is 5. The lowest BCUT2D eigenvalue weighted by Crippen LogP contribution is -2.29. The van der Waals surface area contributed by atoms with E-state index >= 15 is 0 Å². The summed E-state index contributed by atoms with van der Waals surface area (Å²) in [5.74, 6) is -1.98. The van der Waals surface area contributed by atoms with Crippen LogP contribution in [0.3, 0.4) is 0 Å². The number of aryl methyl sites for hydroxylation is 1. The second-order valence-electron chi connectivity index (χ2n) is 14.1. The van der Waals surface area contributed by atoms with Crippen molar-refractivity contribution in [1.29, 1.82) is 0 Å². The van der Waals surface area contributed by atoms with Crippen LogP contribution in [-0.4, -0.2) is 76.5 Å². The molecule has 8 rings (SSSR count). The highest BCUT2D eigenvalue weighted by Crippen LogP contribution is 2.45. The molecule has 0 atom stereocenters. The normalized spacial score (nSPS) is 12.5. The van der Waals surface area contributed by atoms with Gasteiger partial charge < -0.3 is 20.1 Å². The van der Waals surface area contributed by atoms with Crippen LogP contribution in [-0.2, 0) is 37.4 Å². The predicted octanol–water partition coefficient (Wildman–Crippen LogP) is 6.20. The van der Waals surface area contributed by atoms with Gasteiger partial charge in [-0.1, -0.05) is 54.6 Å². The van der Waals surface area contributed by atoms with Gasteiger partial charge >= 0.3 is 0 Å². The van der Waals surface area contributed by atoms with Crippen molar-refractivity contribution in [3.8, 4) is 11.1 Å². The molecule has 0 amide bonds. The molecular weight excluding hydrogens is 914 g/mol. The minimum Gasteiger partial charge on any atom is -0.354 e. The minimum absolute atomic E-state index is 0.00207. The van der Waals surface area contributed by atoms with Gasteiger partial charge in [0.2, 0.25) is 17.2 Å². The molecule has 7 aromatic rings. The van der Waals surface area contributed by atoms with Gasteiger partial charge in [0.15, 0.2) is 11.6 Å².